The molecule has 2 saturated heterocycles. The average molecular weight is 314 g/mol. The van der Waals surface area contributed by atoms with E-state index in [0.717, 1.165) is 39.0 Å². The van der Waals surface area contributed by atoms with Crippen molar-refractivity contribution in [2.45, 2.75) is 63.3 Å². The molecule has 2 rings (SSSR count). The number of nitrogens with one attached hydrogen (secondary N) is 2. The lowest BCUT2D eigenvalue weighted by molar-refractivity contribution is -0.119. The van der Waals surface area contributed by atoms with Crippen LogP contribution in [-0.4, -0.2) is 59.6 Å². The Morgan fingerprint density at radius 2 is 1.81 bits per heavy atom. The zero-order chi connectivity index (χ0) is 15.3. The molecule has 2 heterocycles. The van der Waals surface area contributed by atoms with E-state index in [1.54, 1.807) is 0 Å². The zero-order valence-corrected chi connectivity index (χ0v) is 14.6. The Labute approximate surface area is 133 Å². The van der Waals surface area contributed by atoms with Crippen LogP contribution in [0.2, 0.25) is 0 Å². The van der Waals surface area contributed by atoms with Gasteiger partial charge in [-0.25, -0.2) is 0 Å². The molecular formula is C16H31N3OS. The van der Waals surface area contributed by atoms with Gasteiger partial charge >= 0.3 is 0 Å². The summed E-state index contributed by atoms with van der Waals surface area (Å²) in [5.41, 5.74) is 0.250. The summed E-state index contributed by atoms with van der Waals surface area (Å²) in [6.45, 7) is 11.2. The van der Waals surface area contributed by atoms with Crippen molar-refractivity contribution < 1.29 is 4.79 Å². The monoisotopic (exact) mass is 313 g/mol. The van der Waals surface area contributed by atoms with Crippen molar-refractivity contribution in [1.29, 1.82) is 0 Å². The molecule has 0 bridgehead atoms. The summed E-state index contributed by atoms with van der Waals surface area (Å²) in [6, 6.07) is 0.379. The summed E-state index contributed by atoms with van der Waals surface area (Å²) >= 11 is 1.84. The minimum Gasteiger partial charge on any atom is -0.353 e. The Morgan fingerprint density at radius 3 is 2.38 bits per heavy atom. The smallest absolute Gasteiger partial charge is 0.230 e. The molecule has 0 aromatic heterocycles. The lowest BCUT2D eigenvalue weighted by atomic mass is 9.98. The lowest BCUT2D eigenvalue weighted by Crippen LogP contribution is -2.51. The van der Waals surface area contributed by atoms with E-state index in [0.29, 0.717) is 17.0 Å². The van der Waals surface area contributed by atoms with Crippen LogP contribution >= 0.6 is 11.8 Å². The zero-order valence-electron chi connectivity index (χ0n) is 13.8. The molecule has 0 aromatic carbocycles. The largest absolute Gasteiger partial charge is 0.353 e. The molecule has 0 unspecified atom stereocenters. The molecule has 2 N–H and O–H groups in total. The van der Waals surface area contributed by atoms with Crippen LogP contribution in [0.25, 0.3) is 0 Å². The third-order valence-corrected chi connectivity index (χ3v) is 5.92. The fourth-order valence-corrected chi connectivity index (χ4v) is 4.16. The van der Waals surface area contributed by atoms with Crippen LogP contribution < -0.4 is 10.6 Å². The van der Waals surface area contributed by atoms with Gasteiger partial charge in [0.1, 0.15) is 0 Å². The van der Waals surface area contributed by atoms with E-state index >= 15 is 0 Å². The second kappa shape index (κ2) is 7.84. The average Bonchev–Trinajstić information content (AvgIpc) is 2.46. The Kier molecular flexibility index (Phi) is 6.38. The van der Waals surface area contributed by atoms with Crippen LogP contribution in [0.1, 0.15) is 46.5 Å². The highest BCUT2D eigenvalue weighted by atomic mass is 32.2. The van der Waals surface area contributed by atoms with E-state index in [1.807, 2.05) is 11.8 Å². The first-order valence-corrected chi connectivity index (χ1v) is 9.37. The topological polar surface area (TPSA) is 44.4 Å². The van der Waals surface area contributed by atoms with Gasteiger partial charge in [0, 0.05) is 29.9 Å². The number of nitrogens with zero attached hydrogens (tertiary/aromatic N) is 1. The second-order valence-electron chi connectivity index (χ2n) is 7.26. The molecule has 0 aromatic rings. The van der Waals surface area contributed by atoms with Gasteiger partial charge in [0.2, 0.25) is 5.91 Å². The molecule has 21 heavy (non-hydrogen) atoms. The number of likely N-dealkylation sites (tertiary alicyclic amines) is 1. The van der Waals surface area contributed by atoms with Crippen LogP contribution in [0.15, 0.2) is 0 Å². The van der Waals surface area contributed by atoms with Crippen LogP contribution in [-0.2, 0) is 4.79 Å². The molecule has 2 fully saturated rings. The third kappa shape index (κ3) is 5.80. The van der Waals surface area contributed by atoms with Gasteiger partial charge in [0.05, 0.1) is 5.75 Å². The van der Waals surface area contributed by atoms with Crippen LogP contribution in [0.5, 0.6) is 0 Å². The maximum Gasteiger partial charge on any atom is 0.230 e. The third-order valence-electron chi connectivity index (χ3n) is 4.55. The van der Waals surface area contributed by atoms with Gasteiger partial charge in [-0.3, -0.25) is 9.69 Å². The molecule has 0 saturated carbocycles. The van der Waals surface area contributed by atoms with Crippen molar-refractivity contribution in [3.63, 3.8) is 0 Å². The molecular weight excluding hydrogens is 282 g/mol. The van der Waals surface area contributed by atoms with E-state index < -0.39 is 0 Å². The van der Waals surface area contributed by atoms with E-state index in [4.69, 9.17) is 0 Å². The summed E-state index contributed by atoms with van der Waals surface area (Å²) < 4.78 is 0. The summed E-state index contributed by atoms with van der Waals surface area (Å²) in [4.78, 5) is 14.6. The van der Waals surface area contributed by atoms with E-state index in [1.165, 1.54) is 12.8 Å². The standard InChI is InChI=1S/C16H31N3OS/c1-16(2,3)19-10-6-13(7-11-19)18-15(20)12-21-14-4-8-17-9-5-14/h13-14,17H,4-12H2,1-3H3,(H,18,20). The minimum atomic E-state index is 0.229. The molecule has 0 spiro atoms. The maximum absolute atomic E-state index is 12.1. The number of piperidine rings is 2. The predicted octanol–water partition coefficient (Wildman–Crippen LogP) is 1.85. The van der Waals surface area contributed by atoms with Gasteiger partial charge in [0.15, 0.2) is 0 Å². The number of amides is 1. The second-order valence-corrected chi connectivity index (χ2v) is 8.55. The van der Waals surface area contributed by atoms with Crippen molar-refractivity contribution >= 4 is 17.7 Å². The minimum absolute atomic E-state index is 0.229. The van der Waals surface area contributed by atoms with Crippen LogP contribution in [0.3, 0.4) is 0 Å². The van der Waals surface area contributed by atoms with Crippen LogP contribution in [0.4, 0.5) is 0 Å². The highest BCUT2D eigenvalue weighted by Gasteiger charge is 2.27. The van der Waals surface area contributed by atoms with E-state index in [2.05, 4.69) is 36.3 Å². The van der Waals surface area contributed by atoms with Gasteiger partial charge in [-0.1, -0.05) is 0 Å². The quantitative estimate of drug-likeness (QED) is 0.831. The Bertz CT molecular complexity index is 329. The van der Waals surface area contributed by atoms with Crippen molar-refractivity contribution in [1.82, 2.24) is 15.5 Å². The van der Waals surface area contributed by atoms with Crippen molar-refractivity contribution in [2.75, 3.05) is 31.9 Å². The first kappa shape index (κ1) is 17.1. The number of hydrogen-bond donors (Lipinski definition) is 2. The fraction of sp³-hybridized carbons (Fsp3) is 0.938. The summed E-state index contributed by atoms with van der Waals surface area (Å²) in [7, 11) is 0. The molecule has 1 amide bonds. The molecule has 2 aliphatic heterocycles. The summed E-state index contributed by atoms with van der Waals surface area (Å²) in [5, 5.41) is 7.26. The van der Waals surface area contributed by atoms with E-state index in [-0.39, 0.29) is 11.4 Å². The predicted molar refractivity (Wildman–Crippen MR) is 90.8 cm³/mol. The fourth-order valence-electron chi connectivity index (χ4n) is 3.12. The van der Waals surface area contributed by atoms with Crippen molar-refractivity contribution in [3.8, 4) is 0 Å². The van der Waals surface area contributed by atoms with Gasteiger partial charge in [-0.2, -0.15) is 0 Å². The van der Waals surface area contributed by atoms with Crippen molar-refractivity contribution in [2.24, 2.45) is 0 Å². The SMILES string of the molecule is CC(C)(C)N1CCC(NC(=O)CSC2CCNCC2)CC1. The lowest BCUT2D eigenvalue weighted by Gasteiger charge is -2.41. The molecule has 4 nitrogen and oxygen atoms in total. The molecule has 0 radical (unpaired) electrons. The highest BCUT2D eigenvalue weighted by Crippen LogP contribution is 2.21. The maximum atomic E-state index is 12.1. The number of hydrogen-bond acceptors (Lipinski definition) is 4. The van der Waals surface area contributed by atoms with Crippen molar-refractivity contribution in [3.05, 3.63) is 0 Å². The Hall–Kier alpha value is -0.260. The number of carbonyl (C=O) groups excluding carboxylic acids is 1. The van der Waals surface area contributed by atoms with Gasteiger partial charge in [0.25, 0.3) is 0 Å². The molecule has 5 heteroatoms. The molecule has 2 aliphatic rings. The summed E-state index contributed by atoms with van der Waals surface area (Å²) in [6.07, 6.45) is 4.56. The van der Waals surface area contributed by atoms with Gasteiger partial charge < -0.3 is 10.6 Å². The number of rotatable bonds is 4. The first-order valence-electron chi connectivity index (χ1n) is 8.32. The van der Waals surface area contributed by atoms with Gasteiger partial charge in [-0.05, 0) is 59.5 Å². The van der Waals surface area contributed by atoms with Crippen LogP contribution in [0, 0.1) is 0 Å². The first-order chi connectivity index (χ1) is 9.95. The number of thioether (sulfide) groups is 1. The molecule has 0 atom stereocenters. The van der Waals surface area contributed by atoms with E-state index in [9.17, 15) is 4.79 Å². The van der Waals surface area contributed by atoms with Gasteiger partial charge in [-0.15, -0.1) is 11.8 Å². The Morgan fingerprint density at radius 1 is 1.19 bits per heavy atom. The number of carbonyl (C=O) groups is 1. The summed E-state index contributed by atoms with van der Waals surface area (Å²) in [5.74, 6) is 0.859. The Balaban J connectivity index is 1.62. The molecule has 122 valence electrons. The highest BCUT2D eigenvalue weighted by molar-refractivity contribution is 8.00. The molecule has 0 aliphatic carbocycles. The normalized spacial score (nSPS) is 23.2.